The maximum atomic E-state index is 11.2. The van der Waals surface area contributed by atoms with Crippen LogP contribution in [0.5, 0.6) is 11.5 Å². The molecular formula is C25H25ClO2. The minimum atomic E-state index is -1.06. The predicted octanol–water partition coefficient (Wildman–Crippen LogP) is 6.87. The summed E-state index contributed by atoms with van der Waals surface area (Å²) in [4.78, 5) is 0. The van der Waals surface area contributed by atoms with E-state index in [2.05, 4.69) is 0 Å². The molecule has 0 aliphatic carbocycles. The number of ether oxygens (including phenoxy) is 1. The standard InChI is InChI=1S/C25H25ClO2/c1-24(2,20-12-14-21(26)15-13-20)25(3,27)17-16-19-8-7-11-23(18-19)28-22-9-5-4-6-10-22/h4-18,27H,1-3H3/b17-16+. The van der Waals surface area contributed by atoms with Crippen molar-refractivity contribution in [1.82, 2.24) is 0 Å². The van der Waals surface area contributed by atoms with Crippen LogP contribution in [0.2, 0.25) is 5.02 Å². The molecule has 1 atom stereocenters. The van der Waals surface area contributed by atoms with Crippen LogP contribution in [0.1, 0.15) is 31.9 Å². The Balaban J connectivity index is 1.80. The van der Waals surface area contributed by atoms with Gasteiger partial charge in [0.2, 0.25) is 0 Å². The number of hydrogen-bond donors (Lipinski definition) is 1. The highest BCUT2D eigenvalue weighted by Gasteiger charge is 2.38. The number of hydrogen-bond acceptors (Lipinski definition) is 2. The largest absolute Gasteiger partial charge is 0.457 e. The molecule has 0 saturated carbocycles. The first-order valence-corrected chi connectivity index (χ1v) is 9.66. The van der Waals surface area contributed by atoms with Crippen LogP contribution in [-0.4, -0.2) is 10.7 Å². The third-order valence-corrected chi connectivity index (χ3v) is 5.52. The predicted molar refractivity (Wildman–Crippen MR) is 117 cm³/mol. The van der Waals surface area contributed by atoms with E-state index in [0.29, 0.717) is 5.02 Å². The summed E-state index contributed by atoms with van der Waals surface area (Å²) >= 11 is 6.00. The lowest BCUT2D eigenvalue weighted by Crippen LogP contribution is -2.43. The molecule has 0 aromatic heterocycles. The molecule has 0 aliphatic rings. The van der Waals surface area contributed by atoms with Crippen molar-refractivity contribution in [3.8, 4) is 11.5 Å². The number of benzene rings is 3. The minimum Gasteiger partial charge on any atom is -0.457 e. The molecule has 3 rings (SSSR count). The van der Waals surface area contributed by atoms with Gasteiger partial charge in [0, 0.05) is 10.4 Å². The fourth-order valence-electron chi connectivity index (χ4n) is 2.93. The third-order valence-electron chi connectivity index (χ3n) is 5.27. The van der Waals surface area contributed by atoms with Crippen molar-refractivity contribution in [3.05, 3.63) is 101 Å². The Labute approximate surface area is 172 Å². The van der Waals surface area contributed by atoms with Crippen LogP contribution < -0.4 is 4.74 Å². The van der Waals surface area contributed by atoms with E-state index in [1.807, 2.05) is 112 Å². The molecular weight excluding hydrogens is 368 g/mol. The Kier molecular flexibility index (Phi) is 5.93. The lowest BCUT2D eigenvalue weighted by atomic mass is 9.70. The SMILES string of the molecule is CC(O)(/C=C/c1cccc(Oc2ccccc2)c1)C(C)(C)c1ccc(Cl)cc1. The van der Waals surface area contributed by atoms with Gasteiger partial charge in [0.25, 0.3) is 0 Å². The van der Waals surface area contributed by atoms with Gasteiger partial charge in [-0.05, 0) is 54.4 Å². The normalized spacial score (nSPS) is 14.0. The molecule has 1 N–H and O–H groups in total. The van der Waals surface area contributed by atoms with Gasteiger partial charge in [0.05, 0.1) is 5.60 Å². The lowest BCUT2D eigenvalue weighted by molar-refractivity contribution is 0.0392. The van der Waals surface area contributed by atoms with Crippen LogP contribution in [0, 0.1) is 0 Å². The molecule has 3 heteroatoms. The summed E-state index contributed by atoms with van der Waals surface area (Å²) in [5.74, 6) is 1.55. The van der Waals surface area contributed by atoms with Gasteiger partial charge in [0.1, 0.15) is 11.5 Å². The zero-order chi connectivity index (χ0) is 20.2. The molecule has 0 amide bonds. The molecule has 0 saturated heterocycles. The lowest BCUT2D eigenvalue weighted by Gasteiger charge is -2.38. The van der Waals surface area contributed by atoms with Crippen LogP contribution >= 0.6 is 11.6 Å². The van der Waals surface area contributed by atoms with Crippen LogP contribution in [0.15, 0.2) is 84.9 Å². The molecule has 0 heterocycles. The number of aliphatic hydroxyl groups is 1. The number of halogens is 1. The van der Waals surface area contributed by atoms with E-state index in [0.717, 1.165) is 22.6 Å². The second-order valence-corrected chi connectivity index (χ2v) is 8.04. The van der Waals surface area contributed by atoms with E-state index in [4.69, 9.17) is 16.3 Å². The first-order valence-electron chi connectivity index (χ1n) is 9.28. The average Bonchev–Trinajstić information content (AvgIpc) is 2.68. The van der Waals surface area contributed by atoms with Crippen molar-refractivity contribution in [2.24, 2.45) is 0 Å². The summed E-state index contributed by atoms with van der Waals surface area (Å²) in [7, 11) is 0. The van der Waals surface area contributed by atoms with Gasteiger partial charge in [-0.2, -0.15) is 0 Å². The van der Waals surface area contributed by atoms with E-state index in [1.54, 1.807) is 0 Å². The quantitative estimate of drug-likeness (QED) is 0.495. The van der Waals surface area contributed by atoms with Crippen LogP contribution in [-0.2, 0) is 5.41 Å². The maximum Gasteiger partial charge on any atom is 0.128 e. The fraction of sp³-hybridized carbons (Fsp3) is 0.200. The van der Waals surface area contributed by atoms with Crippen molar-refractivity contribution in [2.45, 2.75) is 31.8 Å². The topological polar surface area (TPSA) is 29.5 Å². The zero-order valence-electron chi connectivity index (χ0n) is 16.4. The van der Waals surface area contributed by atoms with Gasteiger partial charge in [-0.1, -0.05) is 80.1 Å². The smallest absolute Gasteiger partial charge is 0.128 e. The Morgan fingerprint density at radius 1 is 0.821 bits per heavy atom. The summed E-state index contributed by atoms with van der Waals surface area (Å²) in [6.45, 7) is 5.87. The van der Waals surface area contributed by atoms with E-state index in [9.17, 15) is 5.11 Å². The summed E-state index contributed by atoms with van der Waals surface area (Å²) in [5, 5.41) is 11.9. The second kappa shape index (κ2) is 8.22. The monoisotopic (exact) mass is 392 g/mol. The van der Waals surface area contributed by atoms with E-state index >= 15 is 0 Å². The van der Waals surface area contributed by atoms with E-state index < -0.39 is 11.0 Å². The molecule has 2 nitrogen and oxygen atoms in total. The number of para-hydroxylation sites is 1. The van der Waals surface area contributed by atoms with Gasteiger partial charge in [-0.25, -0.2) is 0 Å². The number of rotatable bonds is 6. The molecule has 3 aromatic carbocycles. The van der Waals surface area contributed by atoms with Gasteiger partial charge >= 0.3 is 0 Å². The van der Waals surface area contributed by atoms with Gasteiger partial charge in [0.15, 0.2) is 0 Å². The van der Waals surface area contributed by atoms with E-state index in [1.165, 1.54) is 0 Å². The Hall–Kier alpha value is -2.55. The second-order valence-electron chi connectivity index (χ2n) is 7.60. The minimum absolute atomic E-state index is 0.494. The van der Waals surface area contributed by atoms with Crippen molar-refractivity contribution in [3.63, 3.8) is 0 Å². The zero-order valence-corrected chi connectivity index (χ0v) is 17.1. The van der Waals surface area contributed by atoms with Crippen molar-refractivity contribution in [2.75, 3.05) is 0 Å². The highest BCUT2D eigenvalue weighted by molar-refractivity contribution is 6.30. The molecule has 0 bridgehead atoms. The molecule has 3 aromatic rings. The summed E-state index contributed by atoms with van der Waals surface area (Å²) in [5.41, 5.74) is 0.428. The molecule has 0 aliphatic heterocycles. The van der Waals surface area contributed by atoms with Crippen molar-refractivity contribution in [1.29, 1.82) is 0 Å². The van der Waals surface area contributed by atoms with E-state index in [-0.39, 0.29) is 0 Å². The molecule has 1 unspecified atom stereocenters. The summed E-state index contributed by atoms with van der Waals surface area (Å²) < 4.78 is 5.89. The maximum absolute atomic E-state index is 11.2. The van der Waals surface area contributed by atoms with Gasteiger partial charge in [-0.3, -0.25) is 0 Å². The highest BCUT2D eigenvalue weighted by Crippen LogP contribution is 2.37. The van der Waals surface area contributed by atoms with Gasteiger partial charge in [-0.15, -0.1) is 0 Å². The first kappa shape index (κ1) is 20.2. The van der Waals surface area contributed by atoms with Crippen LogP contribution in [0.3, 0.4) is 0 Å². The third kappa shape index (κ3) is 4.64. The van der Waals surface area contributed by atoms with Crippen molar-refractivity contribution < 1.29 is 9.84 Å². The Bertz CT molecular complexity index is 942. The fourth-order valence-corrected chi connectivity index (χ4v) is 3.06. The van der Waals surface area contributed by atoms with Crippen LogP contribution in [0.25, 0.3) is 6.08 Å². The first-order chi connectivity index (χ1) is 13.3. The summed E-state index contributed by atoms with van der Waals surface area (Å²) in [6, 6.07) is 25.1. The molecule has 0 fully saturated rings. The summed E-state index contributed by atoms with van der Waals surface area (Å²) in [6.07, 6.45) is 3.76. The van der Waals surface area contributed by atoms with Crippen LogP contribution in [0.4, 0.5) is 0 Å². The van der Waals surface area contributed by atoms with Gasteiger partial charge < -0.3 is 9.84 Å². The van der Waals surface area contributed by atoms with Crippen molar-refractivity contribution >= 4 is 17.7 Å². The molecule has 0 spiro atoms. The highest BCUT2D eigenvalue weighted by atomic mass is 35.5. The Morgan fingerprint density at radius 2 is 1.46 bits per heavy atom. The average molecular weight is 393 g/mol. The molecule has 144 valence electrons. The molecule has 0 radical (unpaired) electrons. The molecule has 28 heavy (non-hydrogen) atoms. The Morgan fingerprint density at radius 3 is 2.14 bits per heavy atom.